The van der Waals surface area contributed by atoms with E-state index in [0.29, 0.717) is 6.07 Å². The maximum atomic E-state index is 12.4. The van der Waals surface area contributed by atoms with E-state index in [1.165, 1.54) is 0 Å². The van der Waals surface area contributed by atoms with E-state index in [4.69, 9.17) is 5.73 Å². The number of hydrogen-bond acceptors (Lipinski definition) is 3. The fourth-order valence-corrected chi connectivity index (χ4v) is 1.71. The van der Waals surface area contributed by atoms with Crippen LogP contribution in [0.2, 0.25) is 0 Å². The van der Waals surface area contributed by atoms with Gasteiger partial charge in [-0.25, -0.2) is 4.98 Å². The summed E-state index contributed by atoms with van der Waals surface area (Å²) in [6, 6.07) is 1.17. The molecule has 10 heteroatoms. The van der Waals surface area contributed by atoms with Crippen molar-refractivity contribution < 1.29 is 31.1 Å². The van der Waals surface area contributed by atoms with Crippen molar-refractivity contribution in [1.82, 2.24) is 4.98 Å². The normalized spacial score (nSPS) is 12.5. The van der Waals surface area contributed by atoms with Crippen LogP contribution in [-0.4, -0.2) is 22.8 Å². The molecule has 0 bridgehead atoms. The Hall–Kier alpha value is -1.45. The molecule has 1 rings (SSSR count). The molecule has 1 heterocycles. The van der Waals surface area contributed by atoms with E-state index in [0.717, 1.165) is 6.07 Å². The molecular weight excluding hydrogens is 298 g/mol. The molecule has 0 atom stereocenters. The van der Waals surface area contributed by atoms with Gasteiger partial charge in [-0.3, -0.25) is 4.79 Å². The molecule has 1 amide bonds. The second kappa shape index (κ2) is 5.27. The van der Waals surface area contributed by atoms with Crippen molar-refractivity contribution in [3.8, 4) is 0 Å². The lowest BCUT2D eigenvalue weighted by Crippen LogP contribution is -2.16. The standard InChI is InChI=1S/C9H6F6N2OS/c10-8(11,12)3-19-6-2-4(7(16)18)1-5(17-6)9(13,14)15/h1-2H,3H2,(H2,16,18). The highest BCUT2D eigenvalue weighted by molar-refractivity contribution is 7.99. The molecule has 1 aromatic heterocycles. The van der Waals surface area contributed by atoms with Crippen LogP contribution >= 0.6 is 11.8 Å². The molecule has 0 aliphatic carbocycles. The van der Waals surface area contributed by atoms with Crippen LogP contribution in [0.1, 0.15) is 16.1 Å². The van der Waals surface area contributed by atoms with Crippen LogP contribution in [0.5, 0.6) is 0 Å². The molecule has 1 aromatic rings. The largest absolute Gasteiger partial charge is 0.433 e. The molecule has 0 aliphatic heterocycles. The average Bonchev–Trinajstić information content (AvgIpc) is 2.23. The zero-order chi connectivity index (χ0) is 14.8. The van der Waals surface area contributed by atoms with Gasteiger partial charge in [-0.15, -0.1) is 0 Å². The van der Waals surface area contributed by atoms with Gasteiger partial charge in [-0.05, 0) is 12.1 Å². The first-order valence-corrected chi connectivity index (χ1v) is 5.56. The van der Waals surface area contributed by atoms with Gasteiger partial charge < -0.3 is 5.73 Å². The fourth-order valence-electron chi connectivity index (χ4n) is 1.02. The van der Waals surface area contributed by atoms with E-state index in [2.05, 4.69) is 4.98 Å². The summed E-state index contributed by atoms with van der Waals surface area (Å²) in [5.41, 5.74) is 2.80. The second-order valence-corrected chi connectivity index (χ2v) is 4.34. The molecule has 2 N–H and O–H groups in total. The number of carbonyl (C=O) groups is 1. The fraction of sp³-hybridized carbons (Fsp3) is 0.333. The van der Waals surface area contributed by atoms with Crippen LogP contribution in [0, 0.1) is 0 Å². The Bertz CT molecular complexity index is 485. The molecule has 0 saturated carbocycles. The molecule has 0 aromatic carbocycles. The monoisotopic (exact) mass is 304 g/mol. The van der Waals surface area contributed by atoms with Crippen molar-refractivity contribution in [3.05, 3.63) is 23.4 Å². The number of alkyl halides is 6. The molecule has 0 aliphatic rings. The van der Waals surface area contributed by atoms with Gasteiger partial charge in [-0.1, -0.05) is 11.8 Å². The van der Waals surface area contributed by atoms with Crippen LogP contribution in [0.3, 0.4) is 0 Å². The molecule has 106 valence electrons. The highest BCUT2D eigenvalue weighted by atomic mass is 32.2. The van der Waals surface area contributed by atoms with E-state index in [9.17, 15) is 31.1 Å². The summed E-state index contributed by atoms with van der Waals surface area (Å²) in [7, 11) is 0. The first kappa shape index (κ1) is 15.6. The maximum absolute atomic E-state index is 12.4. The van der Waals surface area contributed by atoms with Gasteiger partial charge in [0.2, 0.25) is 5.91 Å². The number of halogens is 6. The van der Waals surface area contributed by atoms with E-state index < -0.39 is 40.3 Å². The minimum Gasteiger partial charge on any atom is -0.366 e. The van der Waals surface area contributed by atoms with E-state index in [-0.39, 0.29) is 11.8 Å². The zero-order valence-corrected chi connectivity index (χ0v) is 9.79. The second-order valence-electron chi connectivity index (χ2n) is 3.35. The third-order valence-electron chi connectivity index (χ3n) is 1.76. The molecule has 0 radical (unpaired) electrons. The summed E-state index contributed by atoms with van der Waals surface area (Å²) < 4.78 is 73.2. The average molecular weight is 304 g/mol. The first-order valence-electron chi connectivity index (χ1n) is 4.57. The molecule has 19 heavy (non-hydrogen) atoms. The van der Waals surface area contributed by atoms with E-state index >= 15 is 0 Å². The summed E-state index contributed by atoms with van der Waals surface area (Å²) in [6.45, 7) is 0. The van der Waals surface area contributed by atoms with Gasteiger partial charge in [0.1, 0.15) is 5.69 Å². The van der Waals surface area contributed by atoms with Crippen LogP contribution < -0.4 is 5.73 Å². The van der Waals surface area contributed by atoms with Crippen LogP contribution in [0.15, 0.2) is 17.2 Å². The number of pyridine rings is 1. The maximum Gasteiger partial charge on any atom is 0.433 e. The summed E-state index contributed by atoms with van der Waals surface area (Å²) in [4.78, 5) is 13.8. The number of carbonyl (C=O) groups excluding carboxylic acids is 1. The third-order valence-corrected chi connectivity index (χ3v) is 2.74. The van der Waals surface area contributed by atoms with Crippen molar-refractivity contribution in [1.29, 1.82) is 0 Å². The van der Waals surface area contributed by atoms with Gasteiger partial charge in [0.15, 0.2) is 0 Å². The van der Waals surface area contributed by atoms with E-state index in [1.54, 1.807) is 0 Å². The molecule has 0 spiro atoms. The Labute approximate surface area is 107 Å². The number of thioether (sulfide) groups is 1. The Morgan fingerprint density at radius 1 is 1.21 bits per heavy atom. The number of rotatable bonds is 3. The third kappa shape index (κ3) is 4.97. The Morgan fingerprint density at radius 2 is 1.79 bits per heavy atom. The molecule has 0 fully saturated rings. The Kier molecular flexibility index (Phi) is 4.33. The number of hydrogen-bond donors (Lipinski definition) is 1. The lowest BCUT2D eigenvalue weighted by molar-refractivity contribution is -0.141. The van der Waals surface area contributed by atoms with Crippen molar-refractivity contribution in [2.75, 3.05) is 5.75 Å². The lowest BCUT2D eigenvalue weighted by atomic mass is 10.2. The molecular formula is C9H6F6N2OS. The summed E-state index contributed by atoms with van der Waals surface area (Å²) >= 11 is 0.0453. The van der Waals surface area contributed by atoms with Gasteiger partial charge in [0.25, 0.3) is 0 Å². The van der Waals surface area contributed by atoms with Crippen molar-refractivity contribution in [2.24, 2.45) is 5.73 Å². The SMILES string of the molecule is NC(=O)c1cc(SCC(F)(F)F)nc(C(F)(F)F)c1. The highest BCUT2D eigenvalue weighted by Gasteiger charge is 2.34. The van der Waals surface area contributed by atoms with Crippen LogP contribution in [-0.2, 0) is 6.18 Å². The Morgan fingerprint density at radius 3 is 2.21 bits per heavy atom. The summed E-state index contributed by atoms with van der Waals surface area (Å²) in [6.07, 6.45) is -9.44. The topological polar surface area (TPSA) is 56.0 Å². The quantitative estimate of drug-likeness (QED) is 0.690. The first-order chi connectivity index (χ1) is 8.49. The van der Waals surface area contributed by atoms with Gasteiger partial charge >= 0.3 is 12.4 Å². The number of nitrogens with zero attached hydrogens (tertiary/aromatic N) is 1. The van der Waals surface area contributed by atoms with Crippen LogP contribution in [0.4, 0.5) is 26.3 Å². The van der Waals surface area contributed by atoms with Crippen molar-refractivity contribution in [2.45, 2.75) is 17.4 Å². The Balaban J connectivity index is 3.11. The molecule has 3 nitrogen and oxygen atoms in total. The van der Waals surface area contributed by atoms with Crippen LogP contribution in [0.25, 0.3) is 0 Å². The minimum atomic E-state index is -4.88. The minimum absolute atomic E-state index is 0.0453. The summed E-state index contributed by atoms with van der Waals surface area (Å²) in [5, 5.41) is -0.569. The van der Waals surface area contributed by atoms with Gasteiger partial charge in [-0.2, -0.15) is 26.3 Å². The number of aromatic nitrogens is 1. The predicted octanol–water partition coefficient (Wildman–Crippen LogP) is 2.85. The zero-order valence-electron chi connectivity index (χ0n) is 8.97. The molecule has 0 saturated heterocycles. The van der Waals surface area contributed by atoms with Gasteiger partial charge in [0, 0.05) is 5.56 Å². The molecule has 0 unspecified atom stereocenters. The highest BCUT2D eigenvalue weighted by Crippen LogP contribution is 2.32. The number of nitrogens with two attached hydrogens (primary N) is 1. The smallest absolute Gasteiger partial charge is 0.366 e. The predicted molar refractivity (Wildman–Crippen MR) is 54.5 cm³/mol. The van der Waals surface area contributed by atoms with Crippen molar-refractivity contribution in [3.63, 3.8) is 0 Å². The number of amides is 1. The van der Waals surface area contributed by atoms with E-state index in [1.807, 2.05) is 0 Å². The number of primary amides is 1. The van der Waals surface area contributed by atoms with Crippen molar-refractivity contribution >= 4 is 17.7 Å². The summed E-state index contributed by atoms with van der Waals surface area (Å²) in [5.74, 6) is -2.60. The lowest BCUT2D eigenvalue weighted by Gasteiger charge is -2.10. The van der Waals surface area contributed by atoms with Gasteiger partial charge in [0.05, 0.1) is 10.8 Å².